The van der Waals surface area contributed by atoms with E-state index in [1.54, 1.807) is 36.8 Å². The van der Waals surface area contributed by atoms with E-state index in [-0.39, 0.29) is 36.7 Å². The van der Waals surface area contributed by atoms with Gasteiger partial charge in [0.25, 0.3) is 23.6 Å². The molecule has 0 N–H and O–H groups in total. The lowest BCUT2D eigenvalue weighted by Gasteiger charge is -2.40. The summed E-state index contributed by atoms with van der Waals surface area (Å²) >= 11 is 0. The number of nitrogens with zero attached hydrogens (tertiary/aromatic N) is 6. The SMILES string of the molecule is CN(CCCN(C)C(C)(C)CN1C(=O)c2cccc3cccc(c23)C1=O)CCN1C(=O)c2cccc3c(-n4ccnc4)ccc(c23)C1=O. The van der Waals surface area contributed by atoms with Crippen molar-refractivity contribution in [2.75, 3.05) is 46.8 Å². The lowest BCUT2D eigenvalue weighted by atomic mass is 9.92. The van der Waals surface area contributed by atoms with Crippen molar-refractivity contribution in [1.29, 1.82) is 0 Å². The Balaban J connectivity index is 0.953. The van der Waals surface area contributed by atoms with Crippen molar-refractivity contribution in [3.63, 3.8) is 0 Å². The highest BCUT2D eigenvalue weighted by atomic mass is 16.2. The molecule has 4 amide bonds. The van der Waals surface area contributed by atoms with Gasteiger partial charge in [-0.25, -0.2) is 4.98 Å². The first kappa shape index (κ1) is 31.4. The Morgan fingerprint density at radius 3 is 1.94 bits per heavy atom. The van der Waals surface area contributed by atoms with E-state index < -0.39 is 5.54 Å². The van der Waals surface area contributed by atoms with E-state index in [1.807, 2.05) is 81.2 Å². The molecular weight excluding hydrogens is 604 g/mol. The van der Waals surface area contributed by atoms with Gasteiger partial charge in [-0.2, -0.15) is 0 Å². The molecule has 48 heavy (non-hydrogen) atoms. The minimum Gasteiger partial charge on any atom is -0.306 e. The topological polar surface area (TPSA) is 99.1 Å². The van der Waals surface area contributed by atoms with E-state index in [2.05, 4.69) is 14.8 Å². The van der Waals surface area contributed by atoms with Gasteiger partial charge in [0.05, 0.1) is 12.0 Å². The minimum atomic E-state index is -0.469. The van der Waals surface area contributed by atoms with Gasteiger partial charge in [-0.3, -0.25) is 33.9 Å². The number of imide groups is 2. The Morgan fingerprint density at radius 2 is 1.29 bits per heavy atom. The summed E-state index contributed by atoms with van der Waals surface area (Å²) in [5.74, 6) is -1.08. The van der Waals surface area contributed by atoms with Crippen LogP contribution in [0.25, 0.3) is 27.2 Å². The predicted octanol–water partition coefficient (Wildman–Crippen LogP) is 5.10. The minimum absolute atomic E-state index is 0.259. The van der Waals surface area contributed by atoms with Crippen LogP contribution in [-0.2, 0) is 0 Å². The zero-order valence-electron chi connectivity index (χ0n) is 27.6. The van der Waals surface area contributed by atoms with Crippen molar-refractivity contribution in [2.45, 2.75) is 25.8 Å². The fourth-order valence-corrected chi connectivity index (χ4v) is 6.96. The number of rotatable bonds is 11. The zero-order valence-corrected chi connectivity index (χ0v) is 27.6. The van der Waals surface area contributed by atoms with Crippen LogP contribution in [0.3, 0.4) is 0 Å². The molecule has 10 nitrogen and oxygen atoms in total. The van der Waals surface area contributed by atoms with E-state index in [9.17, 15) is 19.2 Å². The molecule has 0 fully saturated rings. The van der Waals surface area contributed by atoms with Crippen molar-refractivity contribution in [3.8, 4) is 5.69 Å². The molecule has 0 unspecified atom stereocenters. The van der Waals surface area contributed by atoms with E-state index in [1.165, 1.54) is 9.80 Å². The quantitative estimate of drug-likeness (QED) is 0.185. The number of likely N-dealkylation sites (N-methyl/N-ethyl adjacent to an activating group) is 2. The van der Waals surface area contributed by atoms with Crippen molar-refractivity contribution in [2.24, 2.45) is 0 Å². The highest BCUT2D eigenvalue weighted by Crippen LogP contribution is 2.34. The van der Waals surface area contributed by atoms with Crippen LogP contribution in [0.5, 0.6) is 0 Å². The maximum Gasteiger partial charge on any atom is 0.261 e. The number of aromatic nitrogens is 2. The van der Waals surface area contributed by atoms with Gasteiger partial charge in [-0.1, -0.05) is 36.4 Å². The van der Waals surface area contributed by atoms with Crippen LogP contribution < -0.4 is 0 Å². The highest BCUT2D eigenvalue weighted by Gasteiger charge is 2.38. The fraction of sp³-hybridized carbons (Fsp3) is 0.289. The summed E-state index contributed by atoms with van der Waals surface area (Å²) in [6.45, 7) is 6.64. The van der Waals surface area contributed by atoms with Crippen molar-refractivity contribution in [1.82, 2.24) is 29.2 Å². The normalized spacial score (nSPS) is 14.8. The molecule has 0 bridgehead atoms. The average Bonchev–Trinajstić information content (AvgIpc) is 3.62. The molecule has 7 rings (SSSR count). The first-order chi connectivity index (χ1) is 23.1. The third-order valence-electron chi connectivity index (χ3n) is 9.92. The smallest absolute Gasteiger partial charge is 0.261 e. The maximum absolute atomic E-state index is 13.6. The number of carbonyl (C=O) groups is 4. The summed E-state index contributed by atoms with van der Waals surface area (Å²) in [6.07, 6.45) is 6.06. The highest BCUT2D eigenvalue weighted by molar-refractivity contribution is 6.27. The molecule has 0 saturated heterocycles. The molecule has 0 radical (unpaired) electrons. The van der Waals surface area contributed by atoms with Crippen LogP contribution in [0.15, 0.2) is 85.5 Å². The second kappa shape index (κ2) is 12.1. The molecule has 2 aliphatic rings. The fourth-order valence-electron chi connectivity index (χ4n) is 6.96. The van der Waals surface area contributed by atoms with Gasteiger partial charge in [0.2, 0.25) is 0 Å². The summed E-state index contributed by atoms with van der Waals surface area (Å²) in [4.78, 5) is 65.3. The van der Waals surface area contributed by atoms with Crippen LogP contribution in [0.4, 0.5) is 0 Å². The van der Waals surface area contributed by atoms with E-state index >= 15 is 0 Å². The lowest BCUT2D eigenvalue weighted by Crippen LogP contribution is -2.54. The summed E-state index contributed by atoms with van der Waals surface area (Å²) in [5.41, 5.74) is 2.58. The number of imidazole rings is 1. The van der Waals surface area contributed by atoms with Crippen LogP contribution in [0, 0.1) is 0 Å². The van der Waals surface area contributed by atoms with Gasteiger partial charge in [0.1, 0.15) is 0 Å². The molecule has 0 aliphatic carbocycles. The molecule has 0 spiro atoms. The Kier molecular flexibility index (Phi) is 7.93. The van der Waals surface area contributed by atoms with Crippen LogP contribution in [0.2, 0.25) is 0 Å². The Hall–Kier alpha value is -5.19. The first-order valence-electron chi connectivity index (χ1n) is 16.2. The largest absolute Gasteiger partial charge is 0.306 e. The van der Waals surface area contributed by atoms with Gasteiger partial charge in [0, 0.05) is 76.0 Å². The zero-order chi connectivity index (χ0) is 33.7. The molecule has 1 aromatic heterocycles. The summed E-state index contributed by atoms with van der Waals surface area (Å²) in [6, 6.07) is 20.4. The van der Waals surface area contributed by atoms with Gasteiger partial charge < -0.3 is 9.47 Å². The Labute approximate surface area is 279 Å². The predicted molar refractivity (Wildman–Crippen MR) is 185 cm³/mol. The lowest BCUT2D eigenvalue weighted by molar-refractivity contribution is 0.0469. The summed E-state index contributed by atoms with van der Waals surface area (Å²) < 4.78 is 1.88. The van der Waals surface area contributed by atoms with E-state index in [0.29, 0.717) is 34.2 Å². The van der Waals surface area contributed by atoms with Crippen LogP contribution in [-0.4, -0.2) is 105 Å². The molecule has 244 valence electrons. The van der Waals surface area contributed by atoms with Gasteiger partial charge in [-0.05, 0) is 83.2 Å². The third kappa shape index (κ3) is 5.27. The molecule has 2 aliphatic heterocycles. The Bertz CT molecular complexity index is 2030. The Morgan fingerprint density at radius 1 is 0.688 bits per heavy atom. The summed E-state index contributed by atoms with van der Waals surface area (Å²) in [5, 5.41) is 3.14. The number of benzene rings is 4. The monoisotopic (exact) mass is 642 g/mol. The van der Waals surface area contributed by atoms with Crippen molar-refractivity contribution < 1.29 is 19.2 Å². The van der Waals surface area contributed by atoms with Gasteiger partial charge in [-0.15, -0.1) is 0 Å². The second-order valence-electron chi connectivity index (χ2n) is 13.4. The maximum atomic E-state index is 13.6. The second-order valence-corrected chi connectivity index (χ2v) is 13.4. The molecule has 4 aromatic carbocycles. The van der Waals surface area contributed by atoms with Crippen molar-refractivity contribution in [3.05, 3.63) is 108 Å². The van der Waals surface area contributed by atoms with E-state index in [0.717, 1.165) is 41.4 Å². The van der Waals surface area contributed by atoms with Crippen LogP contribution >= 0.6 is 0 Å². The molecule has 3 heterocycles. The molecule has 5 aromatic rings. The van der Waals surface area contributed by atoms with Gasteiger partial charge in [0.15, 0.2) is 0 Å². The van der Waals surface area contributed by atoms with Gasteiger partial charge >= 0.3 is 0 Å². The number of amides is 4. The molecule has 0 saturated carbocycles. The molecule has 0 atom stereocenters. The first-order valence-corrected chi connectivity index (χ1v) is 16.2. The number of carbonyl (C=O) groups excluding carboxylic acids is 4. The number of hydrogen-bond acceptors (Lipinski definition) is 7. The average molecular weight is 643 g/mol. The van der Waals surface area contributed by atoms with Crippen LogP contribution in [0.1, 0.15) is 61.7 Å². The third-order valence-corrected chi connectivity index (χ3v) is 9.92. The number of hydrogen-bond donors (Lipinski definition) is 0. The summed E-state index contributed by atoms with van der Waals surface area (Å²) in [7, 11) is 3.99. The standard InChI is InChI=1S/C38H38N6O4/c1-38(2,23-44-36(47)27-12-5-9-25-10-6-13-28(32(25)27)37(44)48)41(4)19-8-18-40(3)21-22-43-34(45)29-14-7-11-26-31(42-20-17-39-24-42)16-15-30(33(26)29)35(43)46/h5-7,9-17,20,24H,8,18-19,21-23H2,1-4H3. The van der Waals surface area contributed by atoms with Crippen molar-refractivity contribution >= 4 is 45.2 Å². The van der Waals surface area contributed by atoms with E-state index in [4.69, 9.17) is 0 Å². The molecule has 10 heteroatoms. The molecular formula is C38H38N6O4.